The minimum absolute atomic E-state index is 0.00402. The maximum atomic E-state index is 12.8. The Morgan fingerprint density at radius 2 is 2.39 bits per heavy atom. The number of nitrogens with zero attached hydrogens (tertiary/aromatic N) is 4. The molecule has 0 saturated carbocycles. The molecule has 3 aromatic heterocycles. The Morgan fingerprint density at radius 3 is 3.13 bits per heavy atom. The zero-order chi connectivity index (χ0) is 15.8. The number of aromatic nitrogens is 4. The molecule has 4 rings (SSSR count). The van der Waals surface area contributed by atoms with Crippen molar-refractivity contribution in [3.63, 3.8) is 0 Å². The fourth-order valence-electron chi connectivity index (χ4n) is 3.11. The van der Waals surface area contributed by atoms with Crippen LogP contribution < -0.4 is 0 Å². The number of likely N-dealkylation sites (tertiary alicyclic amines) is 1. The van der Waals surface area contributed by atoms with E-state index in [1.54, 1.807) is 17.5 Å². The minimum atomic E-state index is -0.00402. The van der Waals surface area contributed by atoms with Crippen molar-refractivity contribution in [3.05, 3.63) is 46.7 Å². The van der Waals surface area contributed by atoms with E-state index in [1.165, 1.54) is 0 Å². The molecule has 0 bridgehead atoms. The standard InChI is InChI=1S/C16H17N5OS/c1-20-7-2-4-13(20)11-10-12(19-18-11)16(22)21-8-3-5-14(21)15-17-6-9-23-15/h2,4,6-7,9-10,14H,3,5,8H2,1H3,(H,18,19)/t14-/m0/s1. The molecule has 1 aliphatic heterocycles. The smallest absolute Gasteiger partial charge is 0.272 e. The molecule has 0 spiro atoms. The Morgan fingerprint density at radius 1 is 1.48 bits per heavy atom. The summed E-state index contributed by atoms with van der Waals surface area (Å²) in [5.74, 6) is -0.00402. The molecule has 3 aromatic rings. The number of hydrogen-bond acceptors (Lipinski definition) is 4. The third-order valence-corrected chi connectivity index (χ3v) is 5.14. The van der Waals surface area contributed by atoms with Crippen LogP contribution >= 0.6 is 11.3 Å². The molecule has 0 aromatic carbocycles. The van der Waals surface area contributed by atoms with E-state index in [-0.39, 0.29) is 11.9 Å². The maximum absolute atomic E-state index is 12.8. The topological polar surface area (TPSA) is 66.8 Å². The largest absolute Gasteiger partial charge is 0.349 e. The minimum Gasteiger partial charge on any atom is -0.349 e. The van der Waals surface area contributed by atoms with Crippen LogP contribution in [0.3, 0.4) is 0 Å². The molecule has 1 amide bonds. The first-order chi connectivity index (χ1) is 11.2. The SMILES string of the molecule is Cn1cccc1-c1cc(C(=O)N2CCC[C@H]2c2nccs2)[nH]n1. The summed E-state index contributed by atoms with van der Waals surface area (Å²) in [6.45, 7) is 0.765. The summed E-state index contributed by atoms with van der Waals surface area (Å²) in [7, 11) is 1.96. The Kier molecular flexibility index (Phi) is 3.49. The predicted octanol–water partition coefficient (Wildman–Crippen LogP) is 2.85. The lowest BCUT2D eigenvalue weighted by Gasteiger charge is -2.22. The summed E-state index contributed by atoms with van der Waals surface area (Å²) in [6.07, 6.45) is 5.74. The van der Waals surface area contributed by atoms with Gasteiger partial charge in [0.2, 0.25) is 0 Å². The van der Waals surface area contributed by atoms with Crippen molar-refractivity contribution in [2.24, 2.45) is 7.05 Å². The van der Waals surface area contributed by atoms with Crippen LogP contribution in [0.15, 0.2) is 36.0 Å². The molecule has 0 unspecified atom stereocenters. The monoisotopic (exact) mass is 327 g/mol. The van der Waals surface area contributed by atoms with Crippen molar-refractivity contribution in [1.82, 2.24) is 24.6 Å². The molecule has 0 aliphatic carbocycles. The Hall–Kier alpha value is -2.41. The molecule has 1 N–H and O–H groups in total. The maximum Gasteiger partial charge on any atom is 0.272 e. The Labute approximate surface area is 137 Å². The van der Waals surface area contributed by atoms with Crippen LogP contribution in [0.5, 0.6) is 0 Å². The second-order valence-electron chi connectivity index (χ2n) is 5.70. The first kappa shape index (κ1) is 14.2. The van der Waals surface area contributed by atoms with Crippen molar-refractivity contribution < 1.29 is 4.79 Å². The molecule has 0 radical (unpaired) electrons. The van der Waals surface area contributed by atoms with E-state index in [1.807, 2.05) is 46.3 Å². The predicted molar refractivity (Wildman–Crippen MR) is 88.1 cm³/mol. The van der Waals surface area contributed by atoms with Crippen LogP contribution in [0, 0.1) is 0 Å². The molecule has 4 heterocycles. The van der Waals surface area contributed by atoms with Crippen molar-refractivity contribution >= 4 is 17.2 Å². The first-order valence-electron chi connectivity index (χ1n) is 7.61. The highest BCUT2D eigenvalue weighted by atomic mass is 32.1. The summed E-state index contributed by atoms with van der Waals surface area (Å²) < 4.78 is 1.98. The van der Waals surface area contributed by atoms with Gasteiger partial charge in [-0.05, 0) is 31.0 Å². The average molecular weight is 327 g/mol. The van der Waals surface area contributed by atoms with Crippen LogP contribution in [0.2, 0.25) is 0 Å². The highest BCUT2D eigenvalue weighted by molar-refractivity contribution is 7.09. The number of thiazole rings is 1. The van der Waals surface area contributed by atoms with Crippen molar-refractivity contribution in [2.75, 3.05) is 6.54 Å². The van der Waals surface area contributed by atoms with Gasteiger partial charge in [0.15, 0.2) is 0 Å². The second kappa shape index (κ2) is 5.66. The van der Waals surface area contributed by atoms with Gasteiger partial charge in [-0.1, -0.05) is 0 Å². The van der Waals surface area contributed by atoms with Gasteiger partial charge in [-0.25, -0.2) is 4.98 Å². The van der Waals surface area contributed by atoms with Crippen molar-refractivity contribution in [3.8, 4) is 11.4 Å². The van der Waals surface area contributed by atoms with E-state index in [2.05, 4.69) is 15.2 Å². The number of amides is 1. The summed E-state index contributed by atoms with van der Waals surface area (Å²) in [4.78, 5) is 19.1. The van der Waals surface area contributed by atoms with Crippen molar-refractivity contribution in [2.45, 2.75) is 18.9 Å². The van der Waals surface area contributed by atoms with Gasteiger partial charge in [0, 0.05) is 31.4 Å². The number of aryl methyl sites for hydroxylation is 1. The van der Waals surface area contributed by atoms with Crippen molar-refractivity contribution in [1.29, 1.82) is 0 Å². The lowest BCUT2D eigenvalue weighted by Crippen LogP contribution is -2.30. The summed E-state index contributed by atoms with van der Waals surface area (Å²) in [5, 5.41) is 10.2. The van der Waals surface area contributed by atoms with Gasteiger partial charge in [0.25, 0.3) is 5.91 Å². The van der Waals surface area contributed by atoms with Crippen LogP contribution in [0.1, 0.15) is 34.4 Å². The highest BCUT2D eigenvalue weighted by Crippen LogP contribution is 2.34. The number of rotatable bonds is 3. The second-order valence-corrected chi connectivity index (χ2v) is 6.62. The zero-order valence-electron chi connectivity index (χ0n) is 12.8. The van der Waals surface area contributed by atoms with Crippen LogP contribution in [-0.4, -0.2) is 37.1 Å². The summed E-state index contributed by atoms with van der Waals surface area (Å²) in [5.41, 5.74) is 2.30. The van der Waals surface area contributed by atoms with Gasteiger partial charge in [0.05, 0.1) is 11.7 Å². The summed E-state index contributed by atoms with van der Waals surface area (Å²) in [6, 6.07) is 5.86. The Bertz CT molecular complexity index is 819. The third-order valence-electron chi connectivity index (χ3n) is 4.26. The van der Waals surface area contributed by atoms with Gasteiger partial charge < -0.3 is 9.47 Å². The number of H-pyrrole nitrogens is 1. The van der Waals surface area contributed by atoms with E-state index in [9.17, 15) is 4.79 Å². The number of hydrogen-bond donors (Lipinski definition) is 1. The third kappa shape index (κ3) is 2.46. The lowest BCUT2D eigenvalue weighted by molar-refractivity contribution is 0.0729. The van der Waals surface area contributed by atoms with E-state index >= 15 is 0 Å². The van der Waals surface area contributed by atoms with Gasteiger partial charge in [-0.3, -0.25) is 9.89 Å². The molecule has 118 valence electrons. The van der Waals surface area contributed by atoms with Gasteiger partial charge in [-0.2, -0.15) is 5.10 Å². The number of carbonyl (C=O) groups excluding carboxylic acids is 1. The molecule has 1 fully saturated rings. The number of aromatic amines is 1. The first-order valence-corrected chi connectivity index (χ1v) is 8.49. The molecular weight excluding hydrogens is 310 g/mol. The molecule has 6 nitrogen and oxygen atoms in total. The number of nitrogens with one attached hydrogen (secondary N) is 1. The molecule has 23 heavy (non-hydrogen) atoms. The fourth-order valence-corrected chi connectivity index (χ4v) is 3.90. The van der Waals surface area contributed by atoms with Gasteiger partial charge in [0.1, 0.15) is 16.4 Å². The molecule has 1 saturated heterocycles. The van der Waals surface area contributed by atoms with Gasteiger partial charge >= 0.3 is 0 Å². The molecular formula is C16H17N5OS. The highest BCUT2D eigenvalue weighted by Gasteiger charge is 2.33. The average Bonchev–Trinajstić information content (AvgIpc) is 3.31. The van der Waals surface area contributed by atoms with Gasteiger partial charge in [-0.15, -0.1) is 11.3 Å². The quantitative estimate of drug-likeness (QED) is 0.804. The van der Waals surface area contributed by atoms with Crippen LogP contribution in [0.4, 0.5) is 0 Å². The molecule has 7 heteroatoms. The lowest BCUT2D eigenvalue weighted by atomic mass is 10.2. The van der Waals surface area contributed by atoms with E-state index in [0.717, 1.165) is 35.8 Å². The van der Waals surface area contributed by atoms with E-state index in [0.29, 0.717) is 5.69 Å². The van der Waals surface area contributed by atoms with Crippen LogP contribution in [-0.2, 0) is 7.05 Å². The van der Waals surface area contributed by atoms with E-state index < -0.39 is 0 Å². The Balaban J connectivity index is 1.60. The molecule has 1 atom stereocenters. The normalized spacial score (nSPS) is 17.8. The number of carbonyl (C=O) groups is 1. The van der Waals surface area contributed by atoms with E-state index in [4.69, 9.17) is 0 Å². The van der Waals surface area contributed by atoms with Crippen LogP contribution in [0.25, 0.3) is 11.4 Å². The molecule has 1 aliphatic rings. The fraction of sp³-hybridized carbons (Fsp3) is 0.312. The summed E-state index contributed by atoms with van der Waals surface area (Å²) >= 11 is 1.61. The zero-order valence-corrected chi connectivity index (χ0v) is 13.6.